The molecule has 0 spiro atoms. The summed E-state index contributed by atoms with van der Waals surface area (Å²) in [7, 11) is 0. The number of anilines is 1. The molecule has 0 bridgehead atoms. The van der Waals surface area contributed by atoms with Gasteiger partial charge in [-0.3, -0.25) is 28.8 Å². The van der Waals surface area contributed by atoms with Crippen molar-refractivity contribution in [3.63, 3.8) is 0 Å². The van der Waals surface area contributed by atoms with E-state index in [0.717, 1.165) is 6.42 Å². The van der Waals surface area contributed by atoms with Crippen LogP contribution >= 0.6 is 15.9 Å². The molecule has 6 rings (SSSR count). The summed E-state index contributed by atoms with van der Waals surface area (Å²) < 4.78 is 25.9. The Bertz CT molecular complexity index is 2030. The fourth-order valence-electron chi connectivity index (χ4n) is 6.49. The number of aryl methyl sites for hydroxylation is 2. The van der Waals surface area contributed by atoms with Crippen LogP contribution in [0, 0.1) is 18.2 Å². The third kappa shape index (κ3) is 8.06. The van der Waals surface area contributed by atoms with E-state index in [-0.39, 0.29) is 64.6 Å². The van der Waals surface area contributed by atoms with Crippen molar-refractivity contribution in [1.82, 2.24) is 34.6 Å². The van der Waals surface area contributed by atoms with Crippen molar-refractivity contribution in [2.24, 2.45) is 11.1 Å². The van der Waals surface area contributed by atoms with Crippen LogP contribution < -0.4 is 11.1 Å². The summed E-state index contributed by atoms with van der Waals surface area (Å²) in [4.78, 5) is 71.4. The predicted molar refractivity (Wildman–Crippen MR) is 190 cm³/mol. The molecule has 3 atom stereocenters. The molecule has 2 aliphatic rings. The van der Waals surface area contributed by atoms with Crippen LogP contribution in [0.25, 0.3) is 22.2 Å². The van der Waals surface area contributed by atoms with Crippen LogP contribution in [0.4, 0.5) is 10.2 Å². The number of pyridine rings is 2. The van der Waals surface area contributed by atoms with Gasteiger partial charge in [-0.05, 0) is 58.8 Å². The van der Waals surface area contributed by atoms with E-state index in [1.54, 1.807) is 36.5 Å². The number of nitrogens with two attached hydrogens (primary N) is 1. The Kier molecular flexibility index (Phi) is 11.1. The molecule has 274 valence electrons. The summed E-state index contributed by atoms with van der Waals surface area (Å²) in [6.07, 6.45) is 6.54. The summed E-state index contributed by atoms with van der Waals surface area (Å²) in [5.74, 6) is -0.964. The Morgan fingerprint density at radius 3 is 2.56 bits per heavy atom. The van der Waals surface area contributed by atoms with Crippen molar-refractivity contribution in [2.75, 3.05) is 38.3 Å². The highest BCUT2D eigenvalue weighted by Crippen LogP contribution is 2.59. The van der Waals surface area contributed by atoms with Gasteiger partial charge in [0.1, 0.15) is 41.1 Å². The number of fused-ring (bicyclic) bond motifs is 2. The zero-order valence-electron chi connectivity index (χ0n) is 29.0. The Morgan fingerprint density at radius 2 is 1.83 bits per heavy atom. The van der Waals surface area contributed by atoms with Crippen molar-refractivity contribution < 1.29 is 33.0 Å². The molecule has 5 heterocycles. The Balaban J connectivity index is 1.13. The number of nitrogens with one attached hydrogen (secondary N) is 1. The third-order valence-electron chi connectivity index (χ3n) is 9.37. The maximum atomic E-state index is 13.9. The predicted octanol–water partition coefficient (Wildman–Crippen LogP) is 3.21. The molecular formula is C35H39BrFN9O6. The molecule has 1 saturated heterocycles. The van der Waals surface area contributed by atoms with Crippen LogP contribution in [0.2, 0.25) is 0 Å². The largest absolute Gasteiger partial charge is 0.378 e. The fraction of sp³-hybridized carbons (Fsp3) is 0.457. The van der Waals surface area contributed by atoms with Crippen LogP contribution in [-0.4, -0.2) is 103 Å². The monoisotopic (exact) mass is 779 g/mol. The number of ketones is 2. The zero-order chi connectivity index (χ0) is 37.2. The first kappa shape index (κ1) is 37.2. The molecule has 1 aliphatic heterocycles. The summed E-state index contributed by atoms with van der Waals surface area (Å²) in [6, 6.07) is 2.09. The van der Waals surface area contributed by atoms with Gasteiger partial charge in [-0.25, -0.2) is 19.3 Å². The lowest BCUT2D eigenvalue weighted by Gasteiger charge is -2.27. The van der Waals surface area contributed by atoms with Crippen molar-refractivity contribution in [1.29, 1.82) is 0 Å². The van der Waals surface area contributed by atoms with Crippen molar-refractivity contribution in [2.45, 2.75) is 65.1 Å². The quantitative estimate of drug-likeness (QED) is 0.0959. The number of nitrogens with zero attached hydrogens (tertiary/aromatic N) is 7. The van der Waals surface area contributed by atoms with E-state index in [1.165, 1.54) is 17.7 Å². The lowest BCUT2D eigenvalue weighted by atomic mass is 10.0. The van der Waals surface area contributed by atoms with E-state index in [1.807, 2.05) is 6.92 Å². The number of halogens is 2. The fourth-order valence-corrected chi connectivity index (χ4v) is 6.79. The van der Waals surface area contributed by atoms with Crippen LogP contribution in [0.1, 0.15) is 55.0 Å². The number of carbonyl (C=O) groups excluding carboxylic acids is 4. The first-order valence-corrected chi connectivity index (χ1v) is 17.7. The van der Waals surface area contributed by atoms with Gasteiger partial charge in [-0.2, -0.15) is 5.10 Å². The number of hydrogen-bond donors (Lipinski definition) is 2. The first-order chi connectivity index (χ1) is 24.9. The number of carbonyl (C=O) groups is 4. The molecule has 52 heavy (non-hydrogen) atoms. The van der Waals surface area contributed by atoms with E-state index in [4.69, 9.17) is 15.2 Å². The Labute approximate surface area is 307 Å². The average molecular weight is 781 g/mol. The number of rotatable bonds is 16. The highest BCUT2D eigenvalue weighted by Gasteiger charge is 2.64. The van der Waals surface area contributed by atoms with E-state index in [9.17, 15) is 23.6 Å². The van der Waals surface area contributed by atoms with Gasteiger partial charge in [0.15, 0.2) is 17.4 Å². The molecule has 0 radical (unpaired) electrons. The summed E-state index contributed by atoms with van der Waals surface area (Å²) in [5.41, 5.74) is 7.35. The smallest absolute Gasteiger partial charge is 0.248 e. The highest BCUT2D eigenvalue weighted by atomic mass is 79.9. The maximum absolute atomic E-state index is 13.9. The SMILES string of the molecule is CC(=O)c1nn(CC(=O)N2[C@H](C(=O)Nc3nc(Br)c(F)cc3C)C[C@@]3(C)C[C@@H]23)c2cnc(-c3cnc(CCC(=O)COCCOCCN)nc3)cc12. The summed E-state index contributed by atoms with van der Waals surface area (Å²) in [5, 5.41) is 7.77. The normalized spacial score (nSPS) is 19.2. The van der Waals surface area contributed by atoms with Crippen LogP contribution in [0.3, 0.4) is 0 Å². The maximum Gasteiger partial charge on any atom is 0.248 e. The van der Waals surface area contributed by atoms with Gasteiger partial charge in [0.05, 0.1) is 37.2 Å². The standard InChI is InChI=1S/C35H39BrFN9O6/c1-19-10-24(37)32(36)42-33(19)43-34(50)26-12-35(3)13-28(35)46(26)30(49)17-45-27-16-39-25(11-23(27)31(44-45)20(2)47)21-14-40-29(41-15-21)5-4-22(48)18-52-9-8-51-7-6-38/h10-11,14-16,26,28H,4-9,12-13,17-18,38H2,1-3H3,(H,42,43,50)/t26-,28+,35-/m0/s1. The number of ether oxygens (including phenoxy) is 2. The van der Waals surface area contributed by atoms with Crippen LogP contribution in [0.5, 0.6) is 0 Å². The van der Waals surface area contributed by atoms with Gasteiger partial charge >= 0.3 is 0 Å². The van der Waals surface area contributed by atoms with Crippen molar-refractivity contribution in [3.8, 4) is 11.3 Å². The number of hydrogen-bond acceptors (Lipinski definition) is 12. The second-order valence-electron chi connectivity index (χ2n) is 13.3. The lowest BCUT2D eigenvalue weighted by Crippen LogP contribution is -2.47. The molecule has 4 aromatic heterocycles. The van der Waals surface area contributed by atoms with E-state index >= 15 is 0 Å². The minimum Gasteiger partial charge on any atom is -0.378 e. The summed E-state index contributed by atoms with van der Waals surface area (Å²) in [6.45, 7) is 6.39. The molecular weight excluding hydrogens is 741 g/mol. The van der Waals surface area contributed by atoms with Gasteiger partial charge in [0.2, 0.25) is 11.8 Å². The van der Waals surface area contributed by atoms with E-state index in [0.29, 0.717) is 72.8 Å². The molecule has 0 aromatic carbocycles. The van der Waals surface area contributed by atoms with Gasteiger partial charge in [-0.15, -0.1) is 0 Å². The highest BCUT2D eigenvalue weighted by molar-refractivity contribution is 9.10. The van der Waals surface area contributed by atoms with Gasteiger partial charge < -0.3 is 25.4 Å². The molecule has 1 aliphatic carbocycles. The molecule has 2 fully saturated rings. The van der Waals surface area contributed by atoms with Gasteiger partial charge in [0, 0.05) is 55.7 Å². The number of piperidine rings is 1. The van der Waals surface area contributed by atoms with Crippen molar-refractivity contribution in [3.05, 3.63) is 58.2 Å². The van der Waals surface area contributed by atoms with Gasteiger partial charge in [0.25, 0.3) is 0 Å². The number of Topliss-reactive ketones (excluding diaryl/α,β-unsaturated/α-hetero) is 2. The molecule has 1 saturated carbocycles. The summed E-state index contributed by atoms with van der Waals surface area (Å²) >= 11 is 3.06. The number of likely N-dealkylation sites (tertiary alicyclic amines) is 1. The van der Waals surface area contributed by atoms with Crippen molar-refractivity contribution >= 4 is 56.0 Å². The van der Waals surface area contributed by atoms with Crippen LogP contribution in [0.15, 0.2) is 35.3 Å². The molecule has 0 unspecified atom stereocenters. The number of aromatic nitrogens is 6. The Morgan fingerprint density at radius 1 is 1.08 bits per heavy atom. The van der Waals surface area contributed by atoms with E-state index < -0.39 is 17.8 Å². The lowest BCUT2D eigenvalue weighted by molar-refractivity contribution is -0.138. The van der Waals surface area contributed by atoms with E-state index in [2.05, 4.69) is 46.3 Å². The molecule has 4 aromatic rings. The molecule has 17 heteroatoms. The average Bonchev–Trinajstić information content (AvgIpc) is 3.48. The third-order valence-corrected chi connectivity index (χ3v) is 9.93. The first-order valence-electron chi connectivity index (χ1n) is 16.9. The topological polar surface area (TPSA) is 197 Å². The molecule has 3 N–H and O–H groups in total. The number of amides is 2. The molecule has 15 nitrogen and oxygen atoms in total. The second-order valence-corrected chi connectivity index (χ2v) is 14.1. The van der Waals surface area contributed by atoms with Crippen LogP contribution in [-0.2, 0) is 36.8 Å². The second kappa shape index (κ2) is 15.6. The Hall–Kier alpha value is -4.58. The minimum absolute atomic E-state index is 0.0209. The molecule has 2 amide bonds. The zero-order valence-corrected chi connectivity index (χ0v) is 30.6. The van der Waals surface area contributed by atoms with Gasteiger partial charge in [-0.1, -0.05) is 6.92 Å². The minimum atomic E-state index is -0.763.